The highest BCUT2D eigenvalue weighted by atomic mass is 32.2. The Labute approximate surface area is 130 Å². The summed E-state index contributed by atoms with van der Waals surface area (Å²) in [4.78, 5) is 1.40. The highest BCUT2D eigenvalue weighted by molar-refractivity contribution is 7.99. The summed E-state index contributed by atoms with van der Waals surface area (Å²) in [6.45, 7) is 0. The van der Waals surface area contributed by atoms with Crippen molar-refractivity contribution in [2.24, 2.45) is 5.73 Å². The maximum atomic E-state index is 6.46. The maximum absolute atomic E-state index is 6.46. The van der Waals surface area contributed by atoms with E-state index in [0.717, 1.165) is 24.3 Å². The van der Waals surface area contributed by atoms with Gasteiger partial charge in [-0.05, 0) is 42.2 Å². The molecule has 1 heterocycles. The van der Waals surface area contributed by atoms with Crippen molar-refractivity contribution in [2.75, 3.05) is 12.9 Å². The number of rotatable bonds is 5. The Balaban J connectivity index is 1.60. The largest absolute Gasteiger partial charge is 0.497 e. The maximum Gasteiger partial charge on any atom is 0.118 e. The number of hydrogen-bond donors (Lipinski definition) is 1. The molecular weight excluding hydrogens is 278 g/mol. The lowest BCUT2D eigenvalue weighted by atomic mass is 9.90. The first-order valence-electron chi connectivity index (χ1n) is 7.38. The van der Waals surface area contributed by atoms with Crippen molar-refractivity contribution in [3.63, 3.8) is 0 Å². The zero-order valence-corrected chi connectivity index (χ0v) is 13.1. The molecule has 0 aliphatic carbocycles. The van der Waals surface area contributed by atoms with Crippen LogP contribution in [0.2, 0.25) is 0 Å². The first-order valence-corrected chi connectivity index (χ1v) is 8.36. The number of benzene rings is 2. The summed E-state index contributed by atoms with van der Waals surface area (Å²) in [7, 11) is 1.69. The monoisotopic (exact) mass is 299 g/mol. The highest BCUT2D eigenvalue weighted by Gasteiger charge is 2.27. The minimum atomic E-state index is 0.225. The van der Waals surface area contributed by atoms with Crippen LogP contribution in [0.15, 0.2) is 53.4 Å². The van der Waals surface area contributed by atoms with Crippen LogP contribution in [0.3, 0.4) is 0 Å². The molecule has 0 aromatic heterocycles. The molecule has 2 atom stereocenters. The van der Waals surface area contributed by atoms with Crippen molar-refractivity contribution in [1.29, 1.82) is 0 Å². The molecule has 0 radical (unpaired) electrons. The molecule has 2 nitrogen and oxygen atoms in total. The summed E-state index contributed by atoms with van der Waals surface area (Å²) < 4.78 is 5.19. The Hall–Kier alpha value is -1.45. The van der Waals surface area contributed by atoms with Crippen molar-refractivity contribution in [3.05, 3.63) is 59.7 Å². The number of nitrogens with two attached hydrogens (primary N) is 1. The normalized spacial score (nSPS) is 18.3. The van der Waals surface area contributed by atoms with Crippen LogP contribution >= 0.6 is 11.8 Å². The predicted octanol–water partition coefficient (Wildman–Crippen LogP) is 3.84. The average Bonchev–Trinajstić information content (AvgIpc) is 2.97. The molecule has 0 fully saturated rings. The Morgan fingerprint density at radius 1 is 1.19 bits per heavy atom. The molecule has 0 saturated heterocycles. The average molecular weight is 299 g/mol. The first-order chi connectivity index (χ1) is 10.3. The van der Waals surface area contributed by atoms with Crippen molar-refractivity contribution in [2.45, 2.75) is 29.7 Å². The molecule has 2 aromatic rings. The van der Waals surface area contributed by atoms with Crippen molar-refractivity contribution < 1.29 is 4.74 Å². The third kappa shape index (κ3) is 3.25. The van der Waals surface area contributed by atoms with Gasteiger partial charge in [0.2, 0.25) is 0 Å². The lowest BCUT2D eigenvalue weighted by Gasteiger charge is -2.19. The molecule has 0 spiro atoms. The summed E-state index contributed by atoms with van der Waals surface area (Å²) in [5, 5.41) is 0. The van der Waals surface area contributed by atoms with Gasteiger partial charge >= 0.3 is 0 Å². The molecule has 1 aliphatic heterocycles. The Morgan fingerprint density at radius 3 is 2.71 bits per heavy atom. The molecular formula is C18H21NOS. The molecule has 110 valence electrons. The van der Waals surface area contributed by atoms with Gasteiger partial charge in [0.15, 0.2) is 0 Å². The van der Waals surface area contributed by atoms with E-state index in [4.69, 9.17) is 10.5 Å². The Morgan fingerprint density at radius 2 is 1.95 bits per heavy atom. The Kier molecular flexibility index (Phi) is 4.51. The summed E-state index contributed by atoms with van der Waals surface area (Å²) in [5.41, 5.74) is 9.22. The summed E-state index contributed by atoms with van der Waals surface area (Å²) >= 11 is 1.93. The predicted molar refractivity (Wildman–Crippen MR) is 89.2 cm³/mol. The second-order valence-corrected chi connectivity index (χ2v) is 6.57. The van der Waals surface area contributed by atoms with Gasteiger partial charge in [-0.25, -0.2) is 0 Å². The van der Waals surface area contributed by atoms with Crippen molar-refractivity contribution >= 4 is 11.8 Å². The SMILES string of the molecule is COc1ccc(CCC(N)C2CSc3ccccc32)cc1. The minimum absolute atomic E-state index is 0.225. The van der Waals surface area contributed by atoms with Gasteiger partial charge in [0.1, 0.15) is 5.75 Å². The van der Waals surface area contributed by atoms with Crippen LogP contribution in [0.5, 0.6) is 5.75 Å². The molecule has 0 saturated carbocycles. The van der Waals surface area contributed by atoms with E-state index < -0.39 is 0 Å². The fraction of sp³-hybridized carbons (Fsp3) is 0.333. The van der Waals surface area contributed by atoms with E-state index in [9.17, 15) is 0 Å². The molecule has 0 bridgehead atoms. The molecule has 3 rings (SSSR count). The fourth-order valence-electron chi connectivity index (χ4n) is 2.87. The number of ether oxygens (including phenoxy) is 1. The van der Waals surface area contributed by atoms with Crippen molar-refractivity contribution in [3.8, 4) is 5.75 Å². The minimum Gasteiger partial charge on any atom is -0.497 e. The third-order valence-corrected chi connectivity index (χ3v) is 5.39. The van der Waals surface area contributed by atoms with Gasteiger partial charge in [0, 0.05) is 22.6 Å². The van der Waals surface area contributed by atoms with Gasteiger partial charge in [-0.2, -0.15) is 0 Å². The van der Waals surface area contributed by atoms with Crippen LogP contribution in [0.1, 0.15) is 23.5 Å². The van der Waals surface area contributed by atoms with Crippen LogP contribution in [0.25, 0.3) is 0 Å². The van der Waals surface area contributed by atoms with Gasteiger partial charge in [0.25, 0.3) is 0 Å². The fourth-order valence-corrected chi connectivity index (χ4v) is 4.22. The van der Waals surface area contributed by atoms with E-state index in [1.807, 2.05) is 23.9 Å². The van der Waals surface area contributed by atoms with Gasteiger partial charge < -0.3 is 10.5 Å². The number of hydrogen-bond acceptors (Lipinski definition) is 3. The number of fused-ring (bicyclic) bond motifs is 1. The molecule has 2 unspecified atom stereocenters. The van der Waals surface area contributed by atoms with Crippen LogP contribution < -0.4 is 10.5 Å². The lowest BCUT2D eigenvalue weighted by molar-refractivity contribution is 0.414. The van der Waals surface area contributed by atoms with Crippen molar-refractivity contribution in [1.82, 2.24) is 0 Å². The molecule has 0 amide bonds. The van der Waals surface area contributed by atoms with Crippen LogP contribution in [-0.2, 0) is 6.42 Å². The molecule has 3 heteroatoms. The second-order valence-electron chi connectivity index (χ2n) is 5.51. The van der Waals surface area contributed by atoms with E-state index in [1.54, 1.807) is 7.11 Å². The summed E-state index contributed by atoms with van der Waals surface area (Å²) in [5.74, 6) is 2.51. The van der Waals surface area contributed by atoms with E-state index in [0.29, 0.717) is 5.92 Å². The van der Waals surface area contributed by atoms with Crippen LogP contribution in [0, 0.1) is 0 Å². The molecule has 21 heavy (non-hydrogen) atoms. The molecule has 2 N–H and O–H groups in total. The first kappa shape index (κ1) is 14.5. The molecule has 1 aliphatic rings. The van der Waals surface area contributed by atoms with Crippen LogP contribution in [-0.4, -0.2) is 18.9 Å². The van der Waals surface area contributed by atoms with E-state index in [1.165, 1.54) is 16.0 Å². The van der Waals surface area contributed by atoms with E-state index >= 15 is 0 Å². The zero-order chi connectivity index (χ0) is 14.7. The number of aryl methyl sites for hydroxylation is 1. The summed E-state index contributed by atoms with van der Waals surface area (Å²) in [6, 6.07) is 17.2. The third-order valence-electron chi connectivity index (χ3n) is 4.18. The highest BCUT2D eigenvalue weighted by Crippen LogP contribution is 2.41. The topological polar surface area (TPSA) is 35.2 Å². The van der Waals surface area contributed by atoms with Gasteiger partial charge in [0.05, 0.1) is 7.11 Å². The number of methoxy groups -OCH3 is 1. The van der Waals surface area contributed by atoms with Gasteiger partial charge in [-0.15, -0.1) is 11.8 Å². The second kappa shape index (κ2) is 6.54. The zero-order valence-electron chi connectivity index (χ0n) is 12.3. The van der Waals surface area contributed by atoms with Crippen LogP contribution in [0.4, 0.5) is 0 Å². The Bertz CT molecular complexity index is 596. The van der Waals surface area contributed by atoms with E-state index in [-0.39, 0.29) is 6.04 Å². The van der Waals surface area contributed by atoms with Gasteiger partial charge in [-0.3, -0.25) is 0 Å². The smallest absolute Gasteiger partial charge is 0.118 e. The summed E-state index contributed by atoms with van der Waals surface area (Å²) in [6.07, 6.45) is 2.04. The molecule has 2 aromatic carbocycles. The standard InChI is InChI=1S/C18H21NOS/c1-20-14-9-6-13(7-10-14)8-11-17(19)16-12-21-18-5-3-2-4-15(16)18/h2-7,9-10,16-17H,8,11-12,19H2,1H3. The lowest BCUT2D eigenvalue weighted by Crippen LogP contribution is -2.29. The van der Waals surface area contributed by atoms with Gasteiger partial charge in [-0.1, -0.05) is 30.3 Å². The van der Waals surface area contributed by atoms with E-state index in [2.05, 4.69) is 36.4 Å². The number of thioether (sulfide) groups is 1. The quantitative estimate of drug-likeness (QED) is 0.911.